The number of hydrogen-bond donors (Lipinski definition) is 3. The molecule has 312 valence electrons. The van der Waals surface area contributed by atoms with Gasteiger partial charge in [0, 0.05) is 49.0 Å². The number of hydrogen-bond acceptors (Lipinski definition) is 10. The molecular weight excluding hydrogens is 751 g/mol. The predicted octanol–water partition coefficient (Wildman–Crippen LogP) is 5.29. The van der Waals surface area contributed by atoms with Crippen LogP contribution in [0.5, 0.6) is 0 Å². The quantitative estimate of drug-likeness (QED) is 0.0944. The van der Waals surface area contributed by atoms with Crippen molar-refractivity contribution in [2.75, 3.05) is 26.2 Å². The fraction of sp³-hybridized carbons (Fsp3) is 0.422. The van der Waals surface area contributed by atoms with Crippen LogP contribution in [0, 0.1) is 18.3 Å². The fourth-order valence-corrected chi connectivity index (χ4v) is 7.47. The number of aromatic nitrogens is 2. The van der Waals surface area contributed by atoms with Crippen molar-refractivity contribution < 1.29 is 33.8 Å². The molecule has 2 aliphatic heterocycles. The molecule has 4 amide bonds. The lowest BCUT2D eigenvalue weighted by molar-refractivity contribution is -0.145. The lowest BCUT2D eigenvalue weighted by Crippen LogP contribution is -2.58. The minimum absolute atomic E-state index is 0.109. The summed E-state index contributed by atoms with van der Waals surface area (Å²) in [6, 6.07) is 26.6. The summed E-state index contributed by atoms with van der Waals surface area (Å²) in [4.78, 5) is 66.6. The van der Waals surface area contributed by atoms with Crippen molar-refractivity contribution in [2.45, 2.75) is 84.8 Å². The summed E-state index contributed by atoms with van der Waals surface area (Å²) in [5, 5.41) is 16.7. The number of pyridine rings is 2. The Kier molecular flexibility index (Phi) is 14.0. The normalized spacial score (nSPS) is 18.3. The molecule has 0 bridgehead atoms. The number of benzene rings is 2. The van der Waals surface area contributed by atoms with E-state index in [-0.39, 0.29) is 44.0 Å². The van der Waals surface area contributed by atoms with Crippen LogP contribution in [0.4, 0.5) is 9.59 Å². The standard InChI is InChI=1S/C45H55N7O7/c1-6-30(2)39(52-24-23-50(44(52)57)27-35-16-12-13-31(3)47-35)41(54)48-37(25-32-14-8-7-9-15-32)38(53)28-51(49-43(56)59-40-42(55)58-29-45(40,4)5)26-33-18-20-34(21-19-33)36-17-10-11-22-46-36/h7-22,30,37-40,53H,6,23-29H2,1-5H3,(H,48,54)(H,49,56)/t30-,37-,38-,39-,40-/m0/s1. The second kappa shape index (κ2) is 19.3. The summed E-state index contributed by atoms with van der Waals surface area (Å²) < 4.78 is 10.8. The molecule has 2 aliphatic rings. The van der Waals surface area contributed by atoms with Gasteiger partial charge in [0.15, 0.2) is 0 Å². The second-order valence-electron chi connectivity index (χ2n) is 16.2. The van der Waals surface area contributed by atoms with Crippen LogP contribution < -0.4 is 10.7 Å². The Morgan fingerprint density at radius 2 is 1.73 bits per heavy atom. The molecule has 6 rings (SSSR count). The summed E-state index contributed by atoms with van der Waals surface area (Å²) in [5.74, 6) is -1.21. The summed E-state index contributed by atoms with van der Waals surface area (Å²) in [6.45, 7) is 10.6. The minimum atomic E-state index is -1.23. The van der Waals surface area contributed by atoms with Crippen LogP contribution in [0.3, 0.4) is 0 Å². The Morgan fingerprint density at radius 1 is 0.983 bits per heavy atom. The molecule has 4 heterocycles. The van der Waals surface area contributed by atoms with E-state index in [0.29, 0.717) is 26.1 Å². The average Bonchev–Trinajstić information content (AvgIpc) is 3.70. The van der Waals surface area contributed by atoms with Crippen LogP contribution in [0.2, 0.25) is 0 Å². The van der Waals surface area contributed by atoms with E-state index in [1.807, 2.05) is 112 Å². The van der Waals surface area contributed by atoms with Gasteiger partial charge in [-0.05, 0) is 54.7 Å². The van der Waals surface area contributed by atoms with Crippen molar-refractivity contribution in [1.82, 2.24) is 35.5 Å². The Hall–Kier alpha value is -5.86. The highest BCUT2D eigenvalue weighted by atomic mass is 16.6. The van der Waals surface area contributed by atoms with Gasteiger partial charge in [-0.2, -0.15) is 0 Å². The molecule has 59 heavy (non-hydrogen) atoms. The predicted molar refractivity (Wildman–Crippen MR) is 221 cm³/mol. The van der Waals surface area contributed by atoms with Gasteiger partial charge >= 0.3 is 18.1 Å². The third kappa shape index (κ3) is 11.0. The first-order chi connectivity index (χ1) is 28.3. The lowest BCUT2D eigenvalue weighted by Gasteiger charge is -2.35. The van der Waals surface area contributed by atoms with Gasteiger partial charge in [0.05, 0.1) is 30.1 Å². The number of carbonyl (C=O) groups is 4. The van der Waals surface area contributed by atoms with Crippen LogP contribution >= 0.6 is 0 Å². The van der Waals surface area contributed by atoms with Gasteiger partial charge in [-0.3, -0.25) is 20.2 Å². The van der Waals surface area contributed by atoms with Crippen LogP contribution in [0.1, 0.15) is 56.6 Å². The summed E-state index contributed by atoms with van der Waals surface area (Å²) in [5.41, 5.74) is 7.03. The Bertz CT molecular complexity index is 2050. The highest BCUT2D eigenvalue weighted by molar-refractivity contribution is 5.88. The van der Waals surface area contributed by atoms with Crippen LogP contribution in [0.25, 0.3) is 11.3 Å². The maximum absolute atomic E-state index is 14.5. The SMILES string of the molecule is CC[C@H](C)[C@@H](C(=O)N[C@@H](Cc1ccccc1)[C@@H](O)CN(Cc1ccc(-c2ccccn2)cc1)NC(=O)O[C@H]1C(=O)OCC1(C)C)N1CCN(Cc2cccc(C)n2)C1=O. The molecule has 5 atom stereocenters. The first-order valence-electron chi connectivity index (χ1n) is 20.2. The minimum Gasteiger partial charge on any atom is -0.462 e. The monoisotopic (exact) mass is 805 g/mol. The van der Waals surface area contributed by atoms with E-state index in [1.165, 1.54) is 5.01 Å². The molecule has 2 fully saturated rings. The molecule has 14 nitrogen and oxygen atoms in total. The second-order valence-corrected chi connectivity index (χ2v) is 16.2. The number of aryl methyl sites for hydroxylation is 1. The van der Waals surface area contributed by atoms with Gasteiger partial charge in [0.1, 0.15) is 12.6 Å². The Balaban J connectivity index is 1.22. The van der Waals surface area contributed by atoms with Crippen molar-refractivity contribution in [2.24, 2.45) is 11.3 Å². The van der Waals surface area contributed by atoms with Crippen molar-refractivity contribution in [3.05, 3.63) is 120 Å². The Morgan fingerprint density at radius 3 is 2.39 bits per heavy atom. The molecule has 2 aromatic heterocycles. The van der Waals surface area contributed by atoms with Crippen LogP contribution in [-0.2, 0) is 38.6 Å². The number of carbonyl (C=O) groups excluding carboxylic acids is 4. The van der Waals surface area contributed by atoms with Crippen LogP contribution in [-0.4, -0.2) is 104 Å². The number of ether oxygens (including phenoxy) is 2. The number of esters is 1. The number of cyclic esters (lactones) is 1. The van der Waals surface area contributed by atoms with Crippen molar-refractivity contribution >= 4 is 24.0 Å². The van der Waals surface area contributed by atoms with Gasteiger partial charge in [-0.1, -0.05) is 101 Å². The van der Waals surface area contributed by atoms with E-state index < -0.39 is 41.8 Å². The molecular formula is C45H55N7O7. The van der Waals surface area contributed by atoms with E-state index in [9.17, 15) is 24.3 Å². The van der Waals surface area contributed by atoms with Crippen molar-refractivity contribution in [1.29, 1.82) is 0 Å². The van der Waals surface area contributed by atoms with E-state index in [4.69, 9.17) is 9.47 Å². The Labute approximate surface area is 345 Å². The van der Waals surface area contributed by atoms with Gasteiger partial charge in [0.25, 0.3) is 0 Å². The molecule has 0 aliphatic carbocycles. The summed E-state index contributed by atoms with van der Waals surface area (Å²) in [7, 11) is 0. The number of amides is 4. The molecule has 4 aromatic rings. The van der Waals surface area contributed by atoms with E-state index >= 15 is 0 Å². The number of aliphatic hydroxyl groups is 1. The highest BCUT2D eigenvalue weighted by Crippen LogP contribution is 2.31. The number of nitrogens with zero attached hydrogens (tertiary/aromatic N) is 5. The van der Waals surface area contributed by atoms with Gasteiger partial charge in [0.2, 0.25) is 12.0 Å². The molecule has 0 saturated carbocycles. The zero-order valence-electron chi connectivity index (χ0n) is 34.4. The third-order valence-electron chi connectivity index (χ3n) is 11.0. The van der Waals surface area contributed by atoms with E-state index in [1.54, 1.807) is 29.8 Å². The maximum atomic E-state index is 14.5. The smallest absolute Gasteiger partial charge is 0.422 e. The first kappa shape index (κ1) is 42.7. The first-order valence-corrected chi connectivity index (χ1v) is 20.2. The van der Waals surface area contributed by atoms with Gasteiger partial charge in [-0.25, -0.2) is 19.4 Å². The number of aliphatic hydroxyl groups excluding tert-OH is 1. The third-order valence-corrected chi connectivity index (χ3v) is 11.0. The molecule has 0 radical (unpaired) electrons. The van der Waals surface area contributed by atoms with Crippen LogP contribution in [0.15, 0.2) is 97.2 Å². The van der Waals surface area contributed by atoms with Crippen molar-refractivity contribution in [3.63, 3.8) is 0 Å². The zero-order valence-corrected chi connectivity index (χ0v) is 34.4. The number of rotatable bonds is 17. The van der Waals surface area contributed by atoms with E-state index in [2.05, 4.69) is 20.7 Å². The number of nitrogens with one attached hydrogen (secondary N) is 2. The van der Waals surface area contributed by atoms with Crippen molar-refractivity contribution in [3.8, 4) is 11.3 Å². The fourth-order valence-electron chi connectivity index (χ4n) is 7.47. The number of urea groups is 1. The molecule has 2 saturated heterocycles. The average molecular weight is 806 g/mol. The summed E-state index contributed by atoms with van der Waals surface area (Å²) in [6.07, 6.45) is -0.613. The van der Waals surface area contributed by atoms with Gasteiger partial charge < -0.3 is 29.7 Å². The molecule has 3 N–H and O–H groups in total. The topological polar surface area (TPSA) is 167 Å². The molecule has 0 unspecified atom stereocenters. The lowest BCUT2D eigenvalue weighted by atomic mass is 9.90. The van der Waals surface area contributed by atoms with E-state index in [0.717, 1.165) is 33.8 Å². The molecule has 14 heteroatoms. The largest absolute Gasteiger partial charge is 0.462 e. The zero-order chi connectivity index (χ0) is 42.1. The maximum Gasteiger partial charge on any atom is 0.422 e. The molecule has 0 spiro atoms. The van der Waals surface area contributed by atoms with Gasteiger partial charge in [-0.15, -0.1) is 0 Å². The summed E-state index contributed by atoms with van der Waals surface area (Å²) >= 11 is 0. The number of hydrazine groups is 1. The highest BCUT2D eigenvalue weighted by Gasteiger charge is 2.47. The molecule has 2 aromatic carbocycles.